The summed E-state index contributed by atoms with van der Waals surface area (Å²) in [5.41, 5.74) is 0.731. The first kappa shape index (κ1) is 12.5. The number of amides is 1. The number of nitrogens with one attached hydrogen (secondary N) is 1. The van der Waals surface area contributed by atoms with Gasteiger partial charge in [0.15, 0.2) is 0 Å². The van der Waals surface area contributed by atoms with Gasteiger partial charge in [-0.2, -0.15) is 0 Å². The van der Waals surface area contributed by atoms with Crippen molar-refractivity contribution in [3.63, 3.8) is 0 Å². The average Bonchev–Trinajstić information content (AvgIpc) is 3.23. The second-order valence-electron chi connectivity index (χ2n) is 5.69. The Bertz CT molecular complexity index is 470. The quantitative estimate of drug-likeness (QED) is 0.906. The minimum Gasteiger partial charge on any atom is -0.354 e. The first-order valence-electron chi connectivity index (χ1n) is 7.27. The molecule has 2 fully saturated rings. The lowest BCUT2D eigenvalue weighted by Gasteiger charge is -2.34. The molecule has 1 saturated heterocycles. The van der Waals surface area contributed by atoms with Crippen LogP contribution in [0.25, 0.3) is 0 Å². The predicted molar refractivity (Wildman–Crippen MR) is 75.4 cm³/mol. The summed E-state index contributed by atoms with van der Waals surface area (Å²) in [6, 6.07) is 4.65. The summed E-state index contributed by atoms with van der Waals surface area (Å²) in [6.45, 7) is 3.28. The van der Waals surface area contributed by atoms with Crippen molar-refractivity contribution in [2.45, 2.75) is 51.1 Å². The molecule has 1 aromatic rings. The van der Waals surface area contributed by atoms with Gasteiger partial charge in [0.25, 0.3) is 5.91 Å². The van der Waals surface area contributed by atoms with Crippen LogP contribution in [0, 0.1) is 0 Å². The number of nitrogens with zero attached hydrogens (tertiary/aromatic N) is 2. The molecule has 102 valence electrons. The number of aromatic nitrogens is 1. The highest BCUT2D eigenvalue weighted by Crippen LogP contribution is 2.24. The van der Waals surface area contributed by atoms with E-state index in [1.54, 1.807) is 12.3 Å². The van der Waals surface area contributed by atoms with E-state index in [2.05, 4.69) is 22.1 Å². The molecule has 1 N–H and O–H groups in total. The van der Waals surface area contributed by atoms with Crippen molar-refractivity contribution in [1.29, 1.82) is 0 Å². The molecule has 1 atom stereocenters. The third-order valence-electron chi connectivity index (χ3n) is 4.02. The van der Waals surface area contributed by atoms with Gasteiger partial charge in [-0.1, -0.05) is 0 Å². The molecule has 4 heteroatoms. The van der Waals surface area contributed by atoms with E-state index in [9.17, 15) is 4.79 Å². The molecule has 0 radical (unpaired) electrons. The standard InChI is InChI=1S/C15H21N3O/c1-11-4-2-3-9-18(11)14-10-12(7-8-16-14)15(19)17-13-5-6-13/h7-8,10-11,13H,2-6,9H2,1H3,(H,17,19). The van der Waals surface area contributed by atoms with Crippen molar-refractivity contribution >= 4 is 11.7 Å². The van der Waals surface area contributed by atoms with Crippen LogP contribution in [0.4, 0.5) is 5.82 Å². The number of carbonyl (C=O) groups is 1. The Morgan fingerprint density at radius 3 is 2.95 bits per heavy atom. The Labute approximate surface area is 114 Å². The molecule has 1 amide bonds. The zero-order valence-electron chi connectivity index (χ0n) is 11.4. The second kappa shape index (κ2) is 5.19. The first-order valence-corrected chi connectivity index (χ1v) is 7.27. The second-order valence-corrected chi connectivity index (χ2v) is 5.69. The molecule has 3 rings (SSSR count). The minimum atomic E-state index is 0.0378. The molecule has 1 aromatic heterocycles. The van der Waals surface area contributed by atoms with Crippen LogP contribution >= 0.6 is 0 Å². The van der Waals surface area contributed by atoms with Crippen LogP contribution < -0.4 is 10.2 Å². The molecule has 1 aliphatic carbocycles. The Balaban J connectivity index is 1.76. The Hall–Kier alpha value is -1.58. The summed E-state index contributed by atoms with van der Waals surface area (Å²) in [7, 11) is 0. The van der Waals surface area contributed by atoms with Crippen LogP contribution in [0.5, 0.6) is 0 Å². The van der Waals surface area contributed by atoms with Crippen LogP contribution in [0.3, 0.4) is 0 Å². The lowest BCUT2D eigenvalue weighted by Crippen LogP contribution is -2.38. The molecule has 2 heterocycles. The molecule has 1 saturated carbocycles. The molecule has 0 aromatic carbocycles. The topological polar surface area (TPSA) is 45.2 Å². The smallest absolute Gasteiger partial charge is 0.251 e. The minimum absolute atomic E-state index is 0.0378. The van der Waals surface area contributed by atoms with E-state index in [1.807, 2.05) is 6.07 Å². The fourth-order valence-electron chi connectivity index (χ4n) is 2.65. The van der Waals surface area contributed by atoms with Crippen molar-refractivity contribution in [1.82, 2.24) is 10.3 Å². The predicted octanol–water partition coefficient (Wildman–Crippen LogP) is 2.35. The molecular formula is C15H21N3O. The maximum atomic E-state index is 12.1. The van der Waals surface area contributed by atoms with Crippen LogP contribution in [0.2, 0.25) is 0 Å². The number of carbonyl (C=O) groups excluding carboxylic acids is 1. The van der Waals surface area contributed by atoms with E-state index in [-0.39, 0.29) is 5.91 Å². The molecule has 2 aliphatic rings. The van der Waals surface area contributed by atoms with E-state index >= 15 is 0 Å². The molecule has 19 heavy (non-hydrogen) atoms. The highest BCUT2D eigenvalue weighted by atomic mass is 16.1. The average molecular weight is 259 g/mol. The maximum Gasteiger partial charge on any atom is 0.251 e. The van der Waals surface area contributed by atoms with Gasteiger partial charge in [-0.3, -0.25) is 4.79 Å². The molecular weight excluding hydrogens is 238 g/mol. The summed E-state index contributed by atoms with van der Waals surface area (Å²) in [5.74, 6) is 0.978. The van der Waals surface area contributed by atoms with Gasteiger partial charge in [0, 0.05) is 30.4 Å². The largest absolute Gasteiger partial charge is 0.354 e. The van der Waals surface area contributed by atoms with Gasteiger partial charge in [0.2, 0.25) is 0 Å². The van der Waals surface area contributed by atoms with Crippen LogP contribution in [-0.2, 0) is 0 Å². The number of hydrogen-bond acceptors (Lipinski definition) is 3. The number of anilines is 1. The van der Waals surface area contributed by atoms with Gasteiger partial charge in [-0.05, 0) is 51.2 Å². The zero-order chi connectivity index (χ0) is 13.2. The summed E-state index contributed by atoms with van der Waals surface area (Å²) in [6.07, 6.45) is 7.70. The fraction of sp³-hybridized carbons (Fsp3) is 0.600. The lowest BCUT2D eigenvalue weighted by molar-refractivity contribution is 0.0951. The zero-order valence-corrected chi connectivity index (χ0v) is 11.4. The number of rotatable bonds is 3. The highest BCUT2D eigenvalue weighted by molar-refractivity contribution is 5.95. The normalized spacial score (nSPS) is 23.2. The molecule has 1 aliphatic heterocycles. The number of hydrogen-bond donors (Lipinski definition) is 1. The lowest BCUT2D eigenvalue weighted by atomic mass is 10.0. The summed E-state index contributed by atoms with van der Waals surface area (Å²) in [4.78, 5) is 18.8. The Morgan fingerprint density at radius 1 is 1.37 bits per heavy atom. The Kier molecular flexibility index (Phi) is 3.40. The van der Waals surface area contributed by atoms with E-state index < -0.39 is 0 Å². The number of piperidine rings is 1. The van der Waals surface area contributed by atoms with Crippen molar-refractivity contribution in [3.05, 3.63) is 23.9 Å². The van der Waals surface area contributed by atoms with Gasteiger partial charge in [0.1, 0.15) is 5.82 Å². The van der Waals surface area contributed by atoms with E-state index in [0.29, 0.717) is 12.1 Å². The van der Waals surface area contributed by atoms with Crippen LogP contribution in [0.1, 0.15) is 49.4 Å². The summed E-state index contributed by atoms with van der Waals surface area (Å²) in [5, 5.41) is 3.03. The van der Waals surface area contributed by atoms with E-state index in [4.69, 9.17) is 0 Å². The van der Waals surface area contributed by atoms with Gasteiger partial charge < -0.3 is 10.2 Å². The third-order valence-corrected chi connectivity index (χ3v) is 4.02. The van der Waals surface area contributed by atoms with Crippen molar-refractivity contribution < 1.29 is 4.79 Å². The summed E-state index contributed by atoms with van der Waals surface area (Å²) >= 11 is 0. The first-order chi connectivity index (χ1) is 9.24. The van der Waals surface area contributed by atoms with Gasteiger partial charge in [-0.15, -0.1) is 0 Å². The maximum absolute atomic E-state index is 12.1. The SMILES string of the molecule is CC1CCCCN1c1cc(C(=O)NC2CC2)ccn1. The third kappa shape index (κ3) is 2.88. The monoisotopic (exact) mass is 259 g/mol. The van der Waals surface area contributed by atoms with Crippen LogP contribution in [-0.4, -0.2) is 29.5 Å². The van der Waals surface area contributed by atoms with Crippen molar-refractivity contribution in [2.75, 3.05) is 11.4 Å². The highest BCUT2D eigenvalue weighted by Gasteiger charge is 2.25. The molecule has 0 spiro atoms. The molecule has 1 unspecified atom stereocenters. The van der Waals surface area contributed by atoms with Gasteiger partial charge in [0.05, 0.1) is 0 Å². The summed E-state index contributed by atoms with van der Waals surface area (Å²) < 4.78 is 0. The Morgan fingerprint density at radius 2 is 2.21 bits per heavy atom. The van der Waals surface area contributed by atoms with Gasteiger partial charge in [-0.25, -0.2) is 4.98 Å². The van der Waals surface area contributed by atoms with Crippen molar-refractivity contribution in [3.8, 4) is 0 Å². The van der Waals surface area contributed by atoms with Gasteiger partial charge >= 0.3 is 0 Å². The fourth-order valence-corrected chi connectivity index (χ4v) is 2.65. The molecule has 0 bridgehead atoms. The van der Waals surface area contributed by atoms with Crippen LogP contribution in [0.15, 0.2) is 18.3 Å². The number of pyridine rings is 1. The van der Waals surface area contributed by atoms with E-state index in [1.165, 1.54) is 19.3 Å². The van der Waals surface area contributed by atoms with E-state index in [0.717, 1.165) is 30.8 Å². The van der Waals surface area contributed by atoms with Crippen molar-refractivity contribution in [2.24, 2.45) is 0 Å². The molecule has 4 nitrogen and oxygen atoms in total.